The molecule has 0 aliphatic rings. The van der Waals surface area contributed by atoms with Crippen molar-refractivity contribution in [1.82, 2.24) is 4.40 Å². The second kappa shape index (κ2) is 14.6. The summed E-state index contributed by atoms with van der Waals surface area (Å²) in [5.74, 6) is 0. The molecule has 0 saturated heterocycles. The highest BCUT2D eigenvalue weighted by atomic mass is 15.1. The lowest BCUT2D eigenvalue weighted by atomic mass is 9.91. The molecule has 13 aromatic rings. The van der Waals surface area contributed by atoms with Crippen molar-refractivity contribution in [2.75, 3.05) is 4.90 Å². The summed E-state index contributed by atoms with van der Waals surface area (Å²) in [5.41, 5.74) is 13.1. The Hall–Kier alpha value is -8.46. The number of hydrogen-bond acceptors (Lipinski definition) is 1. The van der Waals surface area contributed by atoms with E-state index in [1.807, 2.05) is 0 Å². The lowest BCUT2D eigenvalue weighted by Gasteiger charge is -2.28. The first-order valence-corrected chi connectivity index (χ1v) is 22.1. The van der Waals surface area contributed by atoms with Crippen LogP contribution in [0.2, 0.25) is 0 Å². The molecule has 0 fully saturated rings. The summed E-state index contributed by atoms with van der Waals surface area (Å²) in [4.78, 5) is 2.43. The Kier molecular flexibility index (Phi) is 8.25. The standard InChI is InChI=1S/C62H40N2/c1-2-16-44(17-3-1)60-58-27-12-13-38-63(58)62-56-25-11-9-23-53(56)54-37-32-45(39-57(54)61(60)62)41-28-33-47(34-29-41)64(59-40-46-18-5-7-21-51(46)52-22-8-10-24-55(52)59)48-35-30-43(31-36-48)50-26-14-19-42-15-4-6-20-49(42)50/h1-40H. The molecule has 0 atom stereocenters. The number of hydrogen-bond donors (Lipinski definition) is 0. The van der Waals surface area contributed by atoms with Gasteiger partial charge in [0.15, 0.2) is 0 Å². The number of benzene rings is 11. The van der Waals surface area contributed by atoms with Crippen LogP contribution in [0.25, 0.3) is 104 Å². The van der Waals surface area contributed by atoms with Crippen molar-refractivity contribution >= 4 is 87.3 Å². The molecule has 0 N–H and O–H groups in total. The quantitative estimate of drug-likeness (QED) is 0.152. The second-order valence-electron chi connectivity index (χ2n) is 16.8. The molecule has 298 valence electrons. The number of rotatable bonds is 6. The fourth-order valence-corrected chi connectivity index (χ4v) is 10.4. The fraction of sp³-hybridized carbons (Fsp3) is 0. The molecule has 0 radical (unpaired) electrons. The summed E-state index contributed by atoms with van der Waals surface area (Å²) in [7, 11) is 0. The normalized spacial score (nSPS) is 11.8. The van der Waals surface area contributed by atoms with Gasteiger partial charge in [-0.05, 0) is 119 Å². The third-order valence-electron chi connectivity index (χ3n) is 13.3. The van der Waals surface area contributed by atoms with Crippen molar-refractivity contribution in [3.63, 3.8) is 0 Å². The molecule has 11 aromatic carbocycles. The Morgan fingerprint density at radius 1 is 0.312 bits per heavy atom. The Labute approximate surface area is 371 Å². The van der Waals surface area contributed by atoms with Crippen LogP contribution in [0.1, 0.15) is 0 Å². The Morgan fingerprint density at radius 2 is 0.875 bits per heavy atom. The molecule has 2 aromatic heterocycles. The zero-order valence-electron chi connectivity index (χ0n) is 35.0. The minimum atomic E-state index is 1.10. The first kappa shape index (κ1) is 36.2. The predicted molar refractivity (Wildman–Crippen MR) is 273 cm³/mol. The topological polar surface area (TPSA) is 7.65 Å². The highest BCUT2D eigenvalue weighted by Crippen LogP contribution is 2.46. The molecule has 13 rings (SSSR count). The van der Waals surface area contributed by atoms with Gasteiger partial charge < -0.3 is 9.30 Å². The fourth-order valence-electron chi connectivity index (χ4n) is 10.4. The average Bonchev–Trinajstić information content (AvgIpc) is 3.73. The molecule has 0 amide bonds. The minimum Gasteiger partial charge on any atom is -0.315 e. The van der Waals surface area contributed by atoms with Crippen molar-refractivity contribution < 1.29 is 0 Å². The van der Waals surface area contributed by atoms with E-state index in [4.69, 9.17) is 0 Å². The van der Waals surface area contributed by atoms with Crippen molar-refractivity contribution in [2.24, 2.45) is 0 Å². The van der Waals surface area contributed by atoms with E-state index in [0.29, 0.717) is 0 Å². The van der Waals surface area contributed by atoms with Gasteiger partial charge >= 0.3 is 0 Å². The van der Waals surface area contributed by atoms with Crippen LogP contribution in [-0.2, 0) is 0 Å². The summed E-state index contributed by atoms with van der Waals surface area (Å²) < 4.78 is 2.39. The highest BCUT2D eigenvalue weighted by Gasteiger charge is 2.21. The zero-order valence-corrected chi connectivity index (χ0v) is 35.0. The van der Waals surface area contributed by atoms with Gasteiger partial charge in [-0.2, -0.15) is 0 Å². The number of anilines is 3. The van der Waals surface area contributed by atoms with Gasteiger partial charge in [0.05, 0.1) is 16.7 Å². The van der Waals surface area contributed by atoms with Crippen molar-refractivity contribution in [2.45, 2.75) is 0 Å². The zero-order chi connectivity index (χ0) is 42.1. The smallest absolute Gasteiger partial charge is 0.0620 e. The van der Waals surface area contributed by atoms with Crippen molar-refractivity contribution in [3.8, 4) is 33.4 Å². The molecule has 0 spiro atoms. The molecule has 2 heteroatoms. The van der Waals surface area contributed by atoms with Gasteiger partial charge in [0, 0.05) is 39.3 Å². The van der Waals surface area contributed by atoms with Crippen LogP contribution in [0, 0.1) is 0 Å². The van der Waals surface area contributed by atoms with Crippen LogP contribution in [0.4, 0.5) is 17.1 Å². The first-order chi connectivity index (χ1) is 31.8. The van der Waals surface area contributed by atoms with Gasteiger partial charge in [0.25, 0.3) is 0 Å². The van der Waals surface area contributed by atoms with Crippen LogP contribution in [0.5, 0.6) is 0 Å². The summed E-state index contributed by atoms with van der Waals surface area (Å²) >= 11 is 0. The number of nitrogens with zero attached hydrogens (tertiary/aromatic N) is 2. The summed E-state index contributed by atoms with van der Waals surface area (Å²) in [6.45, 7) is 0. The van der Waals surface area contributed by atoms with Crippen LogP contribution in [0.3, 0.4) is 0 Å². The summed E-state index contributed by atoms with van der Waals surface area (Å²) in [5, 5.41) is 13.8. The van der Waals surface area contributed by atoms with E-state index in [1.165, 1.54) is 104 Å². The van der Waals surface area contributed by atoms with Crippen LogP contribution in [-0.4, -0.2) is 4.40 Å². The Morgan fingerprint density at radius 3 is 1.64 bits per heavy atom. The molecule has 0 unspecified atom stereocenters. The maximum absolute atomic E-state index is 2.43. The van der Waals surface area contributed by atoms with E-state index < -0.39 is 0 Å². The van der Waals surface area contributed by atoms with Crippen LogP contribution >= 0.6 is 0 Å². The van der Waals surface area contributed by atoms with Crippen LogP contribution < -0.4 is 4.90 Å². The monoisotopic (exact) mass is 812 g/mol. The largest absolute Gasteiger partial charge is 0.315 e. The first-order valence-electron chi connectivity index (χ1n) is 22.1. The maximum atomic E-state index is 2.43. The van der Waals surface area contributed by atoms with Crippen molar-refractivity contribution in [1.29, 1.82) is 0 Å². The summed E-state index contributed by atoms with van der Waals surface area (Å²) in [6, 6.07) is 86.8. The highest BCUT2D eigenvalue weighted by molar-refractivity contribution is 6.30. The van der Waals surface area contributed by atoms with Gasteiger partial charge in [-0.25, -0.2) is 0 Å². The molecule has 0 saturated carbocycles. The average molecular weight is 813 g/mol. The lowest BCUT2D eigenvalue weighted by molar-refractivity contribution is 1.26. The van der Waals surface area contributed by atoms with E-state index >= 15 is 0 Å². The van der Waals surface area contributed by atoms with Gasteiger partial charge in [-0.15, -0.1) is 0 Å². The van der Waals surface area contributed by atoms with E-state index in [-0.39, 0.29) is 0 Å². The minimum absolute atomic E-state index is 1.10. The number of pyridine rings is 1. The second-order valence-corrected chi connectivity index (χ2v) is 16.8. The molecule has 0 bridgehead atoms. The molecular weight excluding hydrogens is 773 g/mol. The Balaban J connectivity index is 0.992. The molecule has 64 heavy (non-hydrogen) atoms. The van der Waals surface area contributed by atoms with Gasteiger partial charge in [0.1, 0.15) is 0 Å². The van der Waals surface area contributed by atoms with Crippen LogP contribution in [0.15, 0.2) is 243 Å². The molecular formula is C62H40N2. The maximum Gasteiger partial charge on any atom is 0.0620 e. The molecule has 2 heterocycles. The number of fused-ring (bicyclic) bond motifs is 12. The molecule has 2 nitrogen and oxygen atoms in total. The lowest BCUT2D eigenvalue weighted by Crippen LogP contribution is -2.10. The third-order valence-corrected chi connectivity index (χ3v) is 13.3. The Bertz CT molecular complexity index is 3930. The summed E-state index contributed by atoms with van der Waals surface area (Å²) in [6.07, 6.45) is 2.21. The van der Waals surface area contributed by atoms with Gasteiger partial charge in [-0.1, -0.05) is 188 Å². The molecule has 0 aliphatic carbocycles. The van der Waals surface area contributed by atoms with E-state index in [0.717, 1.165) is 17.1 Å². The van der Waals surface area contributed by atoms with Gasteiger partial charge in [-0.3, -0.25) is 0 Å². The van der Waals surface area contributed by atoms with Crippen molar-refractivity contribution in [3.05, 3.63) is 243 Å². The van der Waals surface area contributed by atoms with Gasteiger partial charge in [0.2, 0.25) is 0 Å². The van der Waals surface area contributed by atoms with E-state index in [2.05, 4.69) is 252 Å². The SMILES string of the molecule is c1ccc(-c2c3c4cc(-c5ccc(N(c6ccc(-c7cccc8ccccc78)cc6)c6cc7ccccc7c7ccccc67)cc5)ccc4c4ccccc4c3n3ccccc23)cc1. The van der Waals surface area contributed by atoms with E-state index in [1.54, 1.807) is 0 Å². The van der Waals surface area contributed by atoms with E-state index in [9.17, 15) is 0 Å². The number of aromatic nitrogens is 1. The molecule has 0 aliphatic heterocycles. The predicted octanol–water partition coefficient (Wildman–Crippen LogP) is 17.3. The third kappa shape index (κ3) is 5.66.